The molecule has 1 atom stereocenters. The number of hydrogen-bond donors (Lipinski definition) is 1. The SMILES string of the molecule is O=C1CCCC2=C1[C@@H](c1cccnc1)n1ncnc1N2. The van der Waals surface area contributed by atoms with E-state index in [0.717, 1.165) is 29.7 Å². The zero-order chi connectivity index (χ0) is 13.5. The number of carbonyl (C=O) groups is 1. The maximum absolute atomic E-state index is 12.4. The van der Waals surface area contributed by atoms with Gasteiger partial charge in [-0.25, -0.2) is 4.68 Å². The van der Waals surface area contributed by atoms with E-state index in [1.165, 1.54) is 6.33 Å². The van der Waals surface area contributed by atoms with Crippen molar-refractivity contribution in [1.29, 1.82) is 0 Å². The summed E-state index contributed by atoms with van der Waals surface area (Å²) < 4.78 is 1.76. The molecule has 0 unspecified atom stereocenters. The molecule has 2 aromatic heterocycles. The molecule has 2 aromatic rings. The Morgan fingerprint density at radius 1 is 1.35 bits per heavy atom. The number of rotatable bonds is 1. The molecule has 0 amide bonds. The molecule has 1 aliphatic heterocycles. The summed E-state index contributed by atoms with van der Waals surface area (Å²) >= 11 is 0. The van der Waals surface area contributed by atoms with Crippen molar-refractivity contribution in [2.24, 2.45) is 0 Å². The lowest BCUT2D eigenvalue weighted by molar-refractivity contribution is -0.116. The smallest absolute Gasteiger partial charge is 0.226 e. The van der Waals surface area contributed by atoms with Gasteiger partial charge in [0.25, 0.3) is 0 Å². The summed E-state index contributed by atoms with van der Waals surface area (Å²) in [5, 5.41) is 7.51. The van der Waals surface area contributed by atoms with Crippen molar-refractivity contribution in [3.63, 3.8) is 0 Å². The molecule has 0 saturated heterocycles. The molecule has 4 rings (SSSR count). The van der Waals surface area contributed by atoms with Gasteiger partial charge in [0, 0.05) is 30.1 Å². The Hall–Kier alpha value is -2.50. The highest BCUT2D eigenvalue weighted by atomic mass is 16.1. The molecule has 0 radical (unpaired) electrons. The number of Topliss-reactive ketones (excluding diaryl/α,β-unsaturated/α-hetero) is 1. The Labute approximate surface area is 115 Å². The van der Waals surface area contributed by atoms with Crippen molar-refractivity contribution in [3.05, 3.63) is 47.7 Å². The van der Waals surface area contributed by atoms with E-state index in [2.05, 4.69) is 20.4 Å². The molecule has 0 aromatic carbocycles. The Kier molecular flexibility index (Phi) is 2.42. The first-order chi connectivity index (χ1) is 9.84. The predicted molar refractivity (Wildman–Crippen MR) is 71.9 cm³/mol. The van der Waals surface area contributed by atoms with E-state index in [9.17, 15) is 4.79 Å². The second kappa shape index (κ2) is 4.26. The van der Waals surface area contributed by atoms with Gasteiger partial charge in [0.2, 0.25) is 5.95 Å². The van der Waals surface area contributed by atoms with Gasteiger partial charge in [-0.3, -0.25) is 9.78 Å². The Morgan fingerprint density at radius 3 is 3.15 bits per heavy atom. The Morgan fingerprint density at radius 2 is 2.30 bits per heavy atom. The molecule has 1 aliphatic carbocycles. The zero-order valence-corrected chi connectivity index (χ0v) is 10.8. The van der Waals surface area contributed by atoms with Crippen LogP contribution in [0.1, 0.15) is 30.9 Å². The quantitative estimate of drug-likeness (QED) is 0.851. The summed E-state index contributed by atoms with van der Waals surface area (Å²) in [4.78, 5) is 20.8. The molecule has 2 aliphatic rings. The first kappa shape index (κ1) is 11.3. The van der Waals surface area contributed by atoms with Crippen molar-refractivity contribution < 1.29 is 4.79 Å². The molecule has 0 fully saturated rings. The highest BCUT2D eigenvalue weighted by Gasteiger charge is 2.35. The third-order valence-electron chi connectivity index (χ3n) is 3.81. The maximum Gasteiger partial charge on any atom is 0.226 e. The average Bonchev–Trinajstić information content (AvgIpc) is 2.94. The lowest BCUT2D eigenvalue weighted by Gasteiger charge is -2.31. The van der Waals surface area contributed by atoms with Crippen molar-refractivity contribution >= 4 is 11.7 Å². The minimum atomic E-state index is -0.217. The van der Waals surface area contributed by atoms with Gasteiger partial charge in [-0.05, 0) is 24.5 Å². The van der Waals surface area contributed by atoms with Gasteiger partial charge in [0.15, 0.2) is 5.78 Å². The van der Waals surface area contributed by atoms with Crippen LogP contribution >= 0.6 is 0 Å². The van der Waals surface area contributed by atoms with Crippen molar-refractivity contribution in [2.45, 2.75) is 25.3 Å². The Bertz CT molecular complexity index is 703. The number of nitrogens with zero attached hydrogens (tertiary/aromatic N) is 4. The number of nitrogens with one attached hydrogen (secondary N) is 1. The summed E-state index contributed by atoms with van der Waals surface area (Å²) in [5.74, 6) is 0.876. The molecule has 100 valence electrons. The van der Waals surface area contributed by atoms with Crippen LogP contribution in [0.25, 0.3) is 0 Å². The van der Waals surface area contributed by atoms with E-state index < -0.39 is 0 Å². The zero-order valence-electron chi connectivity index (χ0n) is 10.8. The molecule has 0 bridgehead atoms. The highest BCUT2D eigenvalue weighted by Crippen LogP contribution is 2.38. The molecule has 3 heterocycles. The fraction of sp³-hybridized carbons (Fsp3) is 0.286. The number of allylic oxidation sites excluding steroid dienone is 2. The van der Waals surface area contributed by atoms with Gasteiger partial charge in [0.1, 0.15) is 12.4 Å². The third-order valence-corrected chi connectivity index (χ3v) is 3.81. The number of ketones is 1. The summed E-state index contributed by atoms with van der Waals surface area (Å²) in [6, 6.07) is 3.63. The van der Waals surface area contributed by atoms with Crippen molar-refractivity contribution in [1.82, 2.24) is 19.7 Å². The normalized spacial score (nSPS) is 21.2. The summed E-state index contributed by atoms with van der Waals surface area (Å²) in [6.45, 7) is 0. The van der Waals surface area contributed by atoms with E-state index in [4.69, 9.17) is 0 Å². The maximum atomic E-state index is 12.4. The second-order valence-electron chi connectivity index (χ2n) is 5.01. The fourth-order valence-corrected chi connectivity index (χ4v) is 2.94. The summed E-state index contributed by atoms with van der Waals surface area (Å²) in [6.07, 6.45) is 7.39. The van der Waals surface area contributed by atoms with E-state index in [-0.39, 0.29) is 11.8 Å². The number of aromatic nitrogens is 4. The van der Waals surface area contributed by atoms with Crippen LogP contribution in [0.2, 0.25) is 0 Å². The molecular formula is C14H13N5O. The summed E-state index contributed by atoms with van der Waals surface area (Å²) in [5.41, 5.74) is 2.75. The third kappa shape index (κ3) is 1.57. The van der Waals surface area contributed by atoms with E-state index in [0.29, 0.717) is 12.4 Å². The van der Waals surface area contributed by atoms with Crippen LogP contribution in [0, 0.1) is 0 Å². The van der Waals surface area contributed by atoms with Crippen molar-refractivity contribution in [2.75, 3.05) is 5.32 Å². The molecule has 6 nitrogen and oxygen atoms in total. The van der Waals surface area contributed by atoms with Gasteiger partial charge >= 0.3 is 0 Å². The standard InChI is InChI=1S/C14H13N5O/c20-11-5-1-4-10-12(11)13(9-3-2-6-15-7-9)19-14(18-10)16-8-17-19/h2-3,6-8,13H,1,4-5H2,(H,16,17,18)/t13-/m1/s1. The van der Waals surface area contributed by atoms with Gasteiger partial charge in [0.05, 0.1) is 0 Å². The summed E-state index contributed by atoms with van der Waals surface area (Å²) in [7, 11) is 0. The van der Waals surface area contributed by atoms with Crippen molar-refractivity contribution in [3.8, 4) is 0 Å². The Balaban J connectivity index is 1.93. The van der Waals surface area contributed by atoms with E-state index >= 15 is 0 Å². The van der Waals surface area contributed by atoms with Crippen LogP contribution in [0.15, 0.2) is 42.1 Å². The number of fused-ring (bicyclic) bond motifs is 1. The van der Waals surface area contributed by atoms with Crippen LogP contribution in [0.4, 0.5) is 5.95 Å². The second-order valence-corrected chi connectivity index (χ2v) is 5.01. The minimum absolute atomic E-state index is 0.189. The van der Waals surface area contributed by atoms with Crippen LogP contribution in [0.5, 0.6) is 0 Å². The molecule has 0 spiro atoms. The molecule has 1 N–H and O–H groups in total. The van der Waals surface area contributed by atoms with Gasteiger partial charge < -0.3 is 5.32 Å². The van der Waals surface area contributed by atoms with Gasteiger partial charge in [-0.2, -0.15) is 10.1 Å². The highest BCUT2D eigenvalue weighted by molar-refractivity contribution is 5.99. The van der Waals surface area contributed by atoms with Crippen LogP contribution < -0.4 is 5.32 Å². The first-order valence-corrected chi connectivity index (χ1v) is 6.67. The number of anilines is 1. The lowest BCUT2D eigenvalue weighted by Crippen LogP contribution is -2.31. The number of carbonyl (C=O) groups excluding carboxylic acids is 1. The van der Waals surface area contributed by atoms with E-state index in [1.807, 2.05) is 12.1 Å². The average molecular weight is 267 g/mol. The van der Waals surface area contributed by atoms with Crippen LogP contribution in [0.3, 0.4) is 0 Å². The predicted octanol–water partition coefficient (Wildman–Crippen LogP) is 1.70. The fourth-order valence-electron chi connectivity index (χ4n) is 2.94. The van der Waals surface area contributed by atoms with Crippen LogP contribution in [-0.4, -0.2) is 25.5 Å². The first-order valence-electron chi connectivity index (χ1n) is 6.67. The molecular weight excluding hydrogens is 254 g/mol. The topological polar surface area (TPSA) is 72.7 Å². The molecule has 0 saturated carbocycles. The van der Waals surface area contributed by atoms with E-state index in [1.54, 1.807) is 17.1 Å². The molecule has 20 heavy (non-hydrogen) atoms. The minimum Gasteiger partial charge on any atom is -0.328 e. The largest absolute Gasteiger partial charge is 0.328 e. The van der Waals surface area contributed by atoms with Gasteiger partial charge in [-0.1, -0.05) is 6.07 Å². The monoisotopic (exact) mass is 267 g/mol. The molecule has 6 heteroatoms. The number of hydrogen-bond acceptors (Lipinski definition) is 5. The van der Waals surface area contributed by atoms with Gasteiger partial charge in [-0.15, -0.1) is 0 Å². The van der Waals surface area contributed by atoms with Crippen LogP contribution in [-0.2, 0) is 4.79 Å². The lowest BCUT2D eigenvalue weighted by atomic mass is 9.86. The number of pyridine rings is 1.